The van der Waals surface area contributed by atoms with Gasteiger partial charge in [0, 0.05) is 24.8 Å². The maximum absolute atomic E-state index is 2.55. The van der Waals surface area contributed by atoms with Gasteiger partial charge in [0.1, 0.15) is 0 Å². The monoisotopic (exact) mass is 464 g/mol. The van der Waals surface area contributed by atoms with E-state index in [0.717, 1.165) is 11.1 Å². The second-order valence-electron chi connectivity index (χ2n) is 12.8. The number of hydrogen-bond donors (Lipinski definition) is 0. The lowest BCUT2D eigenvalue weighted by Gasteiger charge is -2.38. The van der Waals surface area contributed by atoms with E-state index in [-0.39, 0.29) is 0 Å². The van der Waals surface area contributed by atoms with E-state index < -0.39 is 32.6 Å². The van der Waals surface area contributed by atoms with Crippen LogP contribution in [-0.2, 0) is 0 Å². The van der Waals surface area contributed by atoms with Gasteiger partial charge in [-0.15, -0.1) is 0 Å². The first-order valence-electron chi connectivity index (χ1n) is 11.1. The van der Waals surface area contributed by atoms with Crippen molar-refractivity contribution in [3.63, 3.8) is 0 Å². The molecule has 2 aliphatic rings. The zero-order valence-electron chi connectivity index (χ0n) is 21.6. The SMILES string of the molecule is CC1=CC([Si](C)(C)C)C=CC1[Si](C)(C)C.C[Si](C)(C)N1C=CN([Si](C)(C)C)C=C1. The van der Waals surface area contributed by atoms with Crippen LogP contribution in [0.5, 0.6) is 0 Å². The molecule has 0 saturated heterocycles. The first kappa shape index (κ1) is 26.5. The Hall–Kier alpha value is -0.572. The minimum atomic E-state index is -1.20. The fraction of sp³-hybridized carbons (Fsp3) is 0.652. The Kier molecular flexibility index (Phi) is 8.47. The molecule has 0 aromatic carbocycles. The molecule has 6 heteroatoms. The smallest absolute Gasteiger partial charge is 0.152 e. The molecule has 0 radical (unpaired) electrons. The Balaban J connectivity index is 0.000000291. The molecule has 0 N–H and O–H groups in total. The maximum Gasteiger partial charge on any atom is 0.152 e. The fourth-order valence-corrected chi connectivity index (χ4v) is 9.27. The van der Waals surface area contributed by atoms with Crippen LogP contribution >= 0.6 is 0 Å². The minimum absolute atomic E-state index is 0.755. The van der Waals surface area contributed by atoms with Crippen LogP contribution in [0.25, 0.3) is 0 Å². The molecule has 0 saturated carbocycles. The highest BCUT2D eigenvalue weighted by atomic mass is 28.3. The third kappa shape index (κ3) is 8.23. The van der Waals surface area contributed by atoms with Gasteiger partial charge in [0.25, 0.3) is 0 Å². The number of allylic oxidation sites excluding steroid dienone is 4. The van der Waals surface area contributed by atoms with E-state index >= 15 is 0 Å². The molecule has 0 aromatic rings. The fourth-order valence-electron chi connectivity index (χ4n) is 3.62. The summed E-state index contributed by atoms with van der Waals surface area (Å²) in [7, 11) is -4.48. The van der Waals surface area contributed by atoms with Gasteiger partial charge < -0.3 is 9.13 Å². The zero-order valence-corrected chi connectivity index (χ0v) is 25.6. The standard InChI is InChI=1S/C13H26Si2.C10H22N2Si2/c1-11-10-12(14(2,3)4)8-9-13(11)15(5,6)7;1-13(2,3)11-7-9-12(10-8-11)14(4,5)6/h8-10,12-13H,1-7H3;7-10H,1-6H3. The Morgan fingerprint density at radius 1 is 0.586 bits per heavy atom. The van der Waals surface area contributed by atoms with E-state index in [0.29, 0.717) is 0 Å². The molecule has 1 aliphatic heterocycles. The first-order chi connectivity index (χ1) is 12.8. The van der Waals surface area contributed by atoms with Crippen molar-refractivity contribution < 1.29 is 0 Å². The van der Waals surface area contributed by atoms with Crippen LogP contribution in [0, 0.1) is 0 Å². The molecule has 0 bridgehead atoms. The highest BCUT2D eigenvalue weighted by Crippen LogP contribution is 2.39. The number of hydrogen-bond acceptors (Lipinski definition) is 2. The van der Waals surface area contributed by atoms with Crippen molar-refractivity contribution >= 4 is 32.6 Å². The van der Waals surface area contributed by atoms with Crippen LogP contribution in [-0.4, -0.2) is 41.7 Å². The number of nitrogens with zero attached hydrogens (tertiary/aromatic N) is 2. The normalized spacial score (nSPS) is 23.0. The third-order valence-corrected chi connectivity index (χ3v) is 14.3. The predicted octanol–water partition coefficient (Wildman–Crippen LogP) is 8.14. The summed E-state index contributed by atoms with van der Waals surface area (Å²) in [6, 6.07) is 0. The van der Waals surface area contributed by atoms with Crippen LogP contribution in [0.15, 0.2) is 48.6 Å². The van der Waals surface area contributed by atoms with Crippen molar-refractivity contribution in [3.05, 3.63) is 48.6 Å². The van der Waals surface area contributed by atoms with Gasteiger partial charge >= 0.3 is 0 Å². The summed E-state index contributed by atoms with van der Waals surface area (Å²) in [5, 5.41) is 0. The lowest BCUT2D eigenvalue weighted by atomic mass is 10.1. The van der Waals surface area contributed by atoms with Gasteiger partial charge in [-0.2, -0.15) is 0 Å². The molecule has 2 rings (SSSR count). The summed E-state index contributed by atoms with van der Waals surface area (Å²) in [6.07, 6.45) is 16.5. The molecule has 2 atom stereocenters. The second kappa shape index (κ2) is 9.28. The van der Waals surface area contributed by atoms with Crippen molar-refractivity contribution in [2.45, 2.75) is 96.6 Å². The van der Waals surface area contributed by atoms with Crippen molar-refractivity contribution in [2.75, 3.05) is 0 Å². The summed E-state index contributed by atoms with van der Waals surface area (Å²) >= 11 is 0. The molecule has 2 nitrogen and oxygen atoms in total. The highest BCUT2D eigenvalue weighted by Gasteiger charge is 2.31. The van der Waals surface area contributed by atoms with Gasteiger partial charge in [-0.3, -0.25) is 0 Å². The zero-order chi connectivity index (χ0) is 22.8. The Morgan fingerprint density at radius 3 is 1.21 bits per heavy atom. The first-order valence-corrected chi connectivity index (χ1v) is 25.2. The third-order valence-electron chi connectivity index (χ3n) is 5.70. The van der Waals surface area contributed by atoms with Crippen LogP contribution < -0.4 is 0 Å². The molecule has 0 amide bonds. The summed E-state index contributed by atoms with van der Waals surface area (Å²) in [5.74, 6) is 0. The molecule has 0 aromatic heterocycles. The quantitative estimate of drug-likeness (QED) is 0.306. The minimum Gasteiger partial charge on any atom is -0.379 e. The van der Waals surface area contributed by atoms with E-state index in [9.17, 15) is 0 Å². The second-order valence-corrected chi connectivity index (χ2v) is 33.3. The Morgan fingerprint density at radius 2 is 0.966 bits per heavy atom. The number of rotatable bonds is 4. The van der Waals surface area contributed by atoms with E-state index in [4.69, 9.17) is 0 Å². The van der Waals surface area contributed by atoms with Crippen molar-refractivity contribution in [1.29, 1.82) is 0 Å². The molecule has 2 unspecified atom stereocenters. The molecule has 1 aliphatic carbocycles. The van der Waals surface area contributed by atoms with Gasteiger partial charge in [0.2, 0.25) is 0 Å². The van der Waals surface area contributed by atoms with Gasteiger partial charge in [-0.05, 0) is 18.0 Å². The van der Waals surface area contributed by atoms with E-state index in [2.05, 4.69) is 138 Å². The summed E-state index contributed by atoms with van der Waals surface area (Å²) in [6.45, 7) is 31.2. The van der Waals surface area contributed by atoms with Crippen LogP contribution in [0.1, 0.15) is 6.92 Å². The molecular formula is C23H48N2Si4. The van der Waals surface area contributed by atoms with Crippen LogP contribution in [0.2, 0.25) is 89.6 Å². The molecule has 0 spiro atoms. The van der Waals surface area contributed by atoms with Crippen molar-refractivity contribution in [1.82, 2.24) is 9.13 Å². The molecule has 0 fully saturated rings. The Bertz CT molecular complexity index is 625. The lowest BCUT2D eigenvalue weighted by molar-refractivity contribution is 0.642. The van der Waals surface area contributed by atoms with Crippen LogP contribution in [0.3, 0.4) is 0 Å². The van der Waals surface area contributed by atoms with E-state index in [1.165, 1.54) is 0 Å². The average molecular weight is 465 g/mol. The van der Waals surface area contributed by atoms with E-state index in [1.54, 1.807) is 5.57 Å². The molecular weight excluding hydrogens is 417 g/mol. The predicted molar refractivity (Wildman–Crippen MR) is 146 cm³/mol. The highest BCUT2D eigenvalue weighted by molar-refractivity contribution is 6.80. The van der Waals surface area contributed by atoms with Gasteiger partial charge in [-0.1, -0.05) is 102 Å². The average Bonchev–Trinajstić information content (AvgIpc) is 2.52. The van der Waals surface area contributed by atoms with Crippen molar-refractivity contribution in [3.8, 4) is 0 Å². The van der Waals surface area contributed by atoms with Gasteiger partial charge in [0.15, 0.2) is 16.5 Å². The van der Waals surface area contributed by atoms with E-state index in [1.807, 2.05) is 0 Å². The topological polar surface area (TPSA) is 6.48 Å². The largest absolute Gasteiger partial charge is 0.379 e. The van der Waals surface area contributed by atoms with Gasteiger partial charge in [0.05, 0.1) is 16.1 Å². The van der Waals surface area contributed by atoms with Crippen LogP contribution in [0.4, 0.5) is 0 Å². The molecule has 1 heterocycles. The van der Waals surface area contributed by atoms with Gasteiger partial charge in [-0.25, -0.2) is 0 Å². The maximum atomic E-state index is 2.55. The molecule has 29 heavy (non-hydrogen) atoms. The lowest BCUT2D eigenvalue weighted by Crippen LogP contribution is -2.44. The van der Waals surface area contributed by atoms with Crippen molar-refractivity contribution in [2.24, 2.45) is 0 Å². The Labute approximate surface area is 186 Å². The summed E-state index contributed by atoms with van der Waals surface area (Å²) in [4.78, 5) is 0. The summed E-state index contributed by atoms with van der Waals surface area (Å²) < 4.78 is 4.76. The molecule has 166 valence electrons. The summed E-state index contributed by atoms with van der Waals surface area (Å²) in [5.41, 5.74) is 3.15.